The van der Waals surface area contributed by atoms with E-state index in [0.29, 0.717) is 31.5 Å². The van der Waals surface area contributed by atoms with E-state index in [4.69, 9.17) is 32.2 Å². The Morgan fingerprint density at radius 1 is 1.15 bits per heavy atom. The fourth-order valence-corrected chi connectivity index (χ4v) is 0.811. The molecule has 114 valence electrons. The molecular formula is C10H18N4O6. The van der Waals surface area contributed by atoms with Gasteiger partial charge in [-0.05, 0) is 12.8 Å². The number of guanidine groups is 1. The second-order valence-corrected chi connectivity index (χ2v) is 3.44. The number of rotatable bonds is 7. The highest BCUT2D eigenvalue weighted by Gasteiger charge is 2.09. The number of carbonyl (C=O) groups is 3. The van der Waals surface area contributed by atoms with Gasteiger partial charge in [0.1, 0.15) is 6.04 Å². The number of carboxylic acids is 3. The van der Waals surface area contributed by atoms with Crippen LogP contribution in [0.15, 0.2) is 12.2 Å². The van der Waals surface area contributed by atoms with Crippen molar-refractivity contribution >= 4 is 23.9 Å². The SMILES string of the molecule is N=C(N)NCCC[C@H](N)C(=O)O.O=C(O)/C=C\C(=O)O. The first-order valence-corrected chi connectivity index (χ1v) is 5.37. The van der Waals surface area contributed by atoms with Gasteiger partial charge in [-0.1, -0.05) is 0 Å². The van der Waals surface area contributed by atoms with Gasteiger partial charge in [0.2, 0.25) is 0 Å². The van der Waals surface area contributed by atoms with E-state index in [0.717, 1.165) is 0 Å². The molecule has 0 unspecified atom stereocenters. The molecule has 0 aliphatic heterocycles. The van der Waals surface area contributed by atoms with Crippen LogP contribution >= 0.6 is 0 Å². The van der Waals surface area contributed by atoms with Crippen molar-refractivity contribution in [3.8, 4) is 0 Å². The number of hydrogen-bond acceptors (Lipinski definition) is 5. The van der Waals surface area contributed by atoms with E-state index in [1.807, 2.05) is 0 Å². The summed E-state index contributed by atoms with van der Waals surface area (Å²) in [5, 5.41) is 33.3. The number of nitrogens with two attached hydrogens (primary N) is 2. The minimum absolute atomic E-state index is 0.112. The van der Waals surface area contributed by atoms with Gasteiger partial charge in [0.05, 0.1) is 0 Å². The zero-order valence-corrected chi connectivity index (χ0v) is 10.6. The Labute approximate surface area is 114 Å². The third-order valence-corrected chi connectivity index (χ3v) is 1.69. The molecule has 0 aromatic heterocycles. The lowest BCUT2D eigenvalue weighted by molar-refractivity contribution is -0.138. The van der Waals surface area contributed by atoms with E-state index in [9.17, 15) is 14.4 Å². The highest BCUT2D eigenvalue weighted by molar-refractivity contribution is 5.89. The molecule has 1 atom stereocenters. The van der Waals surface area contributed by atoms with Crippen LogP contribution in [0, 0.1) is 5.41 Å². The fourth-order valence-electron chi connectivity index (χ4n) is 0.811. The lowest BCUT2D eigenvalue weighted by Gasteiger charge is -2.06. The molecule has 0 aliphatic carbocycles. The van der Waals surface area contributed by atoms with E-state index in [-0.39, 0.29) is 5.96 Å². The van der Waals surface area contributed by atoms with Gasteiger partial charge >= 0.3 is 17.9 Å². The van der Waals surface area contributed by atoms with Gasteiger partial charge in [0.25, 0.3) is 0 Å². The molecule has 0 spiro atoms. The molecule has 20 heavy (non-hydrogen) atoms. The van der Waals surface area contributed by atoms with Crippen LogP contribution < -0.4 is 16.8 Å². The molecule has 0 fully saturated rings. The minimum Gasteiger partial charge on any atom is -0.480 e. The summed E-state index contributed by atoms with van der Waals surface area (Å²) in [7, 11) is 0. The van der Waals surface area contributed by atoms with Crippen molar-refractivity contribution in [1.29, 1.82) is 5.41 Å². The largest absolute Gasteiger partial charge is 0.480 e. The van der Waals surface area contributed by atoms with Crippen molar-refractivity contribution < 1.29 is 29.7 Å². The zero-order chi connectivity index (χ0) is 16.1. The first-order chi connectivity index (χ1) is 9.16. The molecule has 0 heterocycles. The average Bonchev–Trinajstić information content (AvgIpc) is 2.32. The van der Waals surface area contributed by atoms with Gasteiger partial charge in [-0.15, -0.1) is 0 Å². The molecule has 0 aromatic carbocycles. The third-order valence-electron chi connectivity index (χ3n) is 1.69. The Morgan fingerprint density at radius 3 is 1.90 bits per heavy atom. The Morgan fingerprint density at radius 2 is 1.60 bits per heavy atom. The van der Waals surface area contributed by atoms with Gasteiger partial charge in [0, 0.05) is 18.7 Å². The van der Waals surface area contributed by atoms with Gasteiger partial charge < -0.3 is 32.1 Å². The predicted octanol–water partition coefficient (Wildman–Crippen LogP) is -1.63. The number of nitrogens with one attached hydrogen (secondary N) is 2. The van der Waals surface area contributed by atoms with Crippen molar-refractivity contribution in [2.45, 2.75) is 18.9 Å². The number of carboxylic acid groups (broad SMARTS) is 3. The summed E-state index contributed by atoms with van der Waals surface area (Å²) in [5.41, 5.74) is 10.2. The van der Waals surface area contributed by atoms with Crippen molar-refractivity contribution in [1.82, 2.24) is 5.32 Å². The first-order valence-electron chi connectivity index (χ1n) is 5.37. The van der Waals surface area contributed by atoms with Crippen molar-refractivity contribution in [2.75, 3.05) is 6.54 Å². The van der Waals surface area contributed by atoms with Gasteiger partial charge in [-0.25, -0.2) is 9.59 Å². The molecule has 0 aliphatic rings. The van der Waals surface area contributed by atoms with Crippen LogP contribution in [0.5, 0.6) is 0 Å². The lowest BCUT2D eigenvalue weighted by Crippen LogP contribution is -2.34. The molecular weight excluding hydrogens is 272 g/mol. The Balaban J connectivity index is 0. The summed E-state index contributed by atoms with van der Waals surface area (Å²) in [4.78, 5) is 29.3. The third kappa shape index (κ3) is 17.8. The van der Waals surface area contributed by atoms with Crippen LogP contribution in [0.3, 0.4) is 0 Å². The quantitative estimate of drug-likeness (QED) is 0.124. The standard InChI is InChI=1S/C6H14N4O2.C4H4O4/c7-4(5(11)12)2-1-3-10-6(8)9;5-3(6)1-2-4(7)8/h4H,1-3,7H2,(H,11,12)(H4,8,9,10);1-2H,(H,5,6)(H,7,8)/b;2-1-/t4-;/m0./s1. The van der Waals surface area contributed by atoms with Crippen LogP contribution in [0.1, 0.15) is 12.8 Å². The molecule has 0 radical (unpaired) electrons. The smallest absolute Gasteiger partial charge is 0.328 e. The molecule has 9 N–H and O–H groups in total. The Bertz CT molecular complexity index is 366. The maximum Gasteiger partial charge on any atom is 0.328 e. The van der Waals surface area contributed by atoms with E-state index in [1.54, 1.807) is 0 Å². The lowest BCUT2D eigenvalue weighted by atomic mass is 10.2. The van der Waals surface area contributed by atoms with Crippen LogP contribution in [0.4, 0.5) is 0 Å². The zero-order valence-electron chi connectivity index (χ0n) is 10.6. The first kappa shape index (κ1) is 19.7. The molecule has 0 bridgehead atoms. The highest BCUT2D eigenvalue weighted by atomic mass is 16.4. The Hall–Kier alpha value is -2.62. The molecule has 0 saturated carbocycles. The van der Waals surface area contributed by atoms with Crippen LogP contribution in [-0.2, 0) is 14.4 Å². The summed E-state index contributed by atoms with van der Waals surface area (Å²) in [5.74, 6) is -3.63. The van der Waals surface area contributed by atoms with E-state index in [1.165, 1.54) is 0 Å². The summed E-state index contributed by atoms with van der Waals surface area (Å²) >= 11 is 0. The van der Waals surface area contributed by atoms with Crippen molar-refractivity contribution in [2.24, 2.45) is 11.5 Å². The van der Waals surface area contributed by atoms with Crippen molar-refractivity contribution in [3.05, 3.63) is 12.2 Å². The number of hydrogen-bond donors (Lipinski definition) is 7. The summed E-state index contributed by atoms with van der Waals surface area (Å²) < 4.78 is 0. The fraction of sp³-hybridized carbons (Fsp3) is 0.400. The maximum atomic E-state index is 10.2. The summed E-state index contributed by atoms with van der Waals surface area (Å²) in [6, 6.07) is -0.821. The minimum atomic E-state index is -1.26. The monoisotopic (exact) mass is 290 g/mol. The molecule has 0 amide bonds. The van der Waals surface area contributed by atoms with Gasteiger partial charge in [-0.2, -0.15) is 0 Å². The topological polar surface area (TPSA) is 200 Å². The average molecular weight is 290 g/mol. The van der Waals surface area contributed by atoms with E-state index in [2.05, 4.69) is 5.32 Å². The van der Waals surface area contributed by atoms with Crippen LogP contribution in [-0.4, -0.2) is 51.8 Å². The normalized spacial score (nSPS) is 11.1. The maximum absolute atomic E-state index is 10.2. The predicted molar refractivity (Wildman–Crippen MR) is 69.2 cm³/mol. The number of aliphatic carboxylic acids is 3. The second kappa shape index (κ2) is 11.5. The summed E-state index contributed by atoms with van der Waals surface area (Å²) in [6.45, 7) is 0.482. The molecule has 0 rings (SSSR count). The van der Waals surface area contributed by atoms with Crippen LogP contribution in [0.25, 0.3) is 0 Å². The molecule has 10 heteroatoms. The Kier molecular flexibility index (Phi) is 11.3. The highest BCUT2D eigenvalue weighted by Crippen LogP contribution is 1.92. The molecule has 0 saturated heterocycles. The van der Waals surface area contributed by atoms with Crippen LogP contribution in [0.2, 0.25) is 0 Å². The van der Waals surface area contributed by atoms with Gasteiger partial charge in [0.15, 0.2) is 5.96 Å². The van der Waals surface area contributed by atoms with Gasteiger partial charge in [-0.3, -0.25) is 10.2 Å². The molecule has 10 nitrogen and oxygen atoms in total. The van der Waals surface area contributed by atoms with Crippen molar-refractivity contribution in [3.63, 3.8) is 0 Å². The van der Waals surface area contributed by atoms with E-state index >= 15 is 0 Å². The van der Waals surface area contributed by atoms with E-state index < -0.39 is 23.9 Å². The molecule has 0 aromatic rings. The summed E-state index contributed by atoms with van der Waals surface area (Å²) in [6.07, 6.45) is 2.09. The second-order valence-electron chi connectivity index (χ2n) is 3.44.